The van der Waals surface area contributed by atoms with E-state index in [-0.39, 0.29) is 5.92 Å². The molecule has 0 bridgehead atoms. The zero-order valence-corrected chi connectivity index (χ0v) is 10.1. The van der Waals surface area contributed by atoms with Crippen LogP contribution in [0.3, 0.4) is 0 Å². The lowest BCUT2D eigenvalue weighted by atomic mass is 9.79. The Hall–Kier alpha value is -0.930. The molecular formula is C12H20FN3. The molecule has 0 spiro atoms. The molecule has 0 saturated heterocycles. The van der Waals surface area contributed by atoms with Crippen molar-refractivity contribution in [3.8, 4) is 0 Å². The smallest absolute Gasteiger partial charge is 0.159 e. The highest BCUT2D eigenvalue weighted by Crippen LogP contribution is 2.42. The lowest BCUT2D eigenvalue weighted by molar-refractivity contribution is 0.0632. The number of hydrogen-bond acceptors (Lipinski definition) is 2. The maximum atomic E-state index is 15.1. The summed E-state index contributed by atoms with van der Waals surface area (Å²) in [5.41, 5.74) is 0.126. The minimum atomic E-state index is -1.28. The van der Waals surface area contributed by atoms with E-state index in [4.69, 9.17) is 0 Å². The van der Waals surface area contributed by atoms with Crippen LogP contribution in [0.2, 0.25) is 0 Å². The van der Waals surface area contributed by atoms with Crippen molar-refractivity contribution in [2.75, 3.05) is 0 Å². The molecule has 1 aliphatic rings. The average molecular weight is 225 g/mol. The molecule has 90 valence electrons. The summed E-state index contributed by atoms with van der Waals surface area (Å²) < 4.78 is 15.1. The molecule has 0 aromatic carbocycles. The standard InChI is InChI=1S/C12H20FN3/c1-3-9(2)12(13)8-6-4-5-7-10-11(12)15-16-14-10/h9H,3-8H2,1-2H3,(H,14,15,16). The first-order valence-corrected chi connectivity index (χ1v) is 6.27. The molecule has 0 radical (unpaired) electrons. The zero-order valence-electron chi connectivity index (χ0n) is 10.1. The quantitative estimate of drug-likeness (QED) is 0.840. The van der Waals surface area contributed by atoms with Crippen LogP contribution in [0.15, 0.2) is 0 Å². The summed E-state index contributed by atoms with van der Waals surface area (Å²) >= 11 is 0. The van der Waals surface area contributed by atoms with Crippen LogP contribution in [0, 0.1) is 5.92 Å². The van der Waals surface area contributed by atoms with Crippen LogP contribution in [-0.2, 0) is 12.1 Å². The Balaban J connectivity index is 2.38. The topological polar surface area (TPSA) is 41.6 Å². The lowest BCUT2D eigenvalue weighted by Crippen LogP contribution is -2.31. The van der Waals surface area contributed by atoms with E-state index in [1.165, 1.54) is 0 Å². The van der Waals surface area contributed by atoms with Crippen LogP contribution in [0.1, 0.15) is 57.3 Å². The van der Waals surface area contributed by atoms with Gasteiger partial charge in [0.1, 0.15) is 5.69 Å². The number of aromatic nitrogens is 3. The maximum absolute atomic E-state index is 15.1. The van der Waals surface area contributed by atoms with Gasteiger partial charge in [0.05, 0.1) is 5.69 Å². The Bertz CT molecular complexity index is 350. The van der Waals surface area contributed by atoms with Gasteiger partial charge in [0.25, 0.3) is 0 Å². The van der Waals surface area contributed by atoms with Crippen molar-refractivity contribution < 1.29 is 4.39 Å². The van der Waals surface area contributed by atoms with Gasteiger partial charge in [-0.05, 0) is 31.6 Å². The maximum Gasteiger partial charge on any atom is 0.159 e. The van der Waals surface area contributed by atoms with E-state index in [9.17, 15) is 0 Å². The summed E-state index contributed by atoms with van der Waals surface area (Å²) in [7, 11) is 0. The molecule has 1 aromatic rings. The molecule has 2 unspecified atom stereocenters. The van der Waals surface area contributed by atoms with Gasteiger partial charge in [0, 0.05) is 0 Å². The predicted molar refractivity (Wildman–Crippen MR) is 60.8 cm³/mol. The molecule has 4 heteroatoms. The molecule has 16 heavy (non-hydrogen) atoms. The van der Waals surface area contributed by atoms with E-state index >= 15 is 4.39 Å². The van der Waals surface area contributed by atoms with Crippen molar-refractivity contribution in [1.29, 1.82) is 0 Å². The number of hydrogen-bond donors (Lipinski definition) is 1. The van der Waals surface area contributed by atoms with E-state index in [1.807, 2.05) is 13.8 Å². The van der Waals surface area contributed by atoms with E-state index in [0.717, 1.165) is 37.8 Å². The summed E-state index contributed by atoms with van der Waals surface area (Å²) in [6.07, 6.45) is 5.41. The molecular weight excluding hydrogens is 205 g/mol. The van der Waals surface area contributed by atoms with Crippen LogP contribution in [0.25, 0.3) is 0 Å². The van der Waals surface area contributed by atoms with E-state index in [1.54, 1.807) is 0 Å². The fraction of sp³-hybridized carbons (Fsp3) is 0.833. The largest absolute Gasteiger partial charge is 0.237 e. The van der Waals surface area contributed by atoms with Crippen molar-refractivity contribution in [3.63, 3.8) is 0 Å². The van der Waals surface area contributed by atoms with Gasteiger partial charge in [-0.25, -0.2) is 4.39 Å². The number of H-pyrrole nitrogens is 1. The van der Waals surface area contributed by atoms with Gasteiger partial charge >= 0.3 is 0 Å². The van der Waals surface area contributed by atoms with Gasteiger partial charge in [-0.2, -0.15) is 15.4 Å². The minimum Gasteiger partial charge on any atom is -0.237 e. The first-order chi connectivity index (χ1) is 7.68. The monoisotopic (exact) mass is 225 g/mol. The highest BCUT2D eigenvalue weighted by Gasteiger charge is 2.41. The first-order valence-electron chi connectivity index (χ1n) is 6.27. The summed E-state index contributed by atoms with van der Waals surface area (Å²) in [6.45, 7) is 4.00. The van der Waals surface area contributed by atoms with Crippen molar-refractivity contribution >= 4 is 0 Å². The summed E-state index contributed by atoms with van der Waals surface area (Å²) in [6, 6.07) is 0. The Morgan fingerprint density at radius 2 is 2.19 bits per heavy atom. The SMILES string of the molecule is CCC(C)C1(F)CCCCCc2n[nH]nc21. The van der Waals surface area contributed by atoms with Crippen molar-refractivity contribution in [2.24, 2.45) is 5.92 Å². The summed E-state index contributed by atoms with van der Waals surface area (Å²) in [4.78, 5) is 0. The van der Waals surface area contributed by atoms with Gasteiger partial charge in [0.15, 0.2) is 5.67 Å². The third-order valence-electron chi connectivity index (χ3n) is 3.86. The van der Waals surface area contributed by atoms with Crippen LogP contribution in [-0.4, -0.2) is 15.4 Å². The molecule has 1 heterocycles. The van der Waals surface area contributed by atoms with Gasteiger partial charge in [-0.3, -0.25) is 0 Å². The van der Waals surface area contributed by atoms with Crippen LogP contribution in [0.5, 0.6) is 0 Å². The van der Waals surface area contributed by atoms with Crippen LogP contribution in [0.4, 0.5) is 4.39 Å². The van der Waals surface area contributed by atoms with E-state index in [0.29, 0.717) is 12.1 Å². The second-order valence-electron chi connectivity index (χ2n) is 4.85. The Kier molecular flexibility index (Phi) is 3.26. The molecule has 2 atom stereocenters. The number of rotatable bonds is 2. The van der Waals surface area contributed by atoms with Gasteiger partial charge < -0.3 is 0 Å². The van der Waals surface area contributed by atoms with Gasteiger partial charge in [-0.1, -0.05) is 26.7 Å². The van der Waals surface area contributed by atoms with Gasteiger partial charge in [-0.15, -0.1) is 0 Å². The Morgan fingerprint density at radius 3 is 2.94 bits per heavy atom. The molecule has 0 aliphatic heterocycles. The number of nitrogens with zero attached hydrogens (tertiary/aromatic N) is 2. The fourth-order valence-electron chi connectivity index (χ4n) is 2.53. The lowest BCUT2D eigenvalue weighted by Gasteiger charge is -2.31. The second-order valence-corrected chi connectivity index (χ2v) is 4.85. The van der Waals surface area contributed by atoms with Crippen molar-refractivity contribution in [1.82, 2.24) is 15.4 Å². The number of halogens is 1. The Labute approximate surface area is 95.8 Å². The Morgan fingerprint density at radius 1 is 1.38 bits per heavy atom. The third-order valence-corrected chi connectivity index (χ3v) is 3.86. The molecule has 3 nitrogen and oxygen atoms in total. The number of aryl methyl sites for hydroxylation is 1. The van der Waals surface area contributed by atoms with Crippen molar-refractivity contribution in [3.05, 3.63) is 11.4 Å². The fourth-order valence-corrected chi connectivity index (χ4v) is 2.53. The molecule has 0 saturated carbocycles. The molecule has 1 N–H and O–H groups in total. The molecule has 1 aliphatic carbocycles. The normalized spacial score (nSPS) is 27.9. The number of aromatic amines is 1. The second kappa shape index (κ2) is 4.52. The summed E-state index contributed by atoms with van der Waals surface area (Å²) in [5.74, 6) is 0.00875. The molecule has 0 fully saturated rings. The number of alkyl halides is 1. The van der Waals surface area contributed by atoms with Crippen LogP contribution >= 0.6 is 0 Å². The number of nitrogens with one attached hydrogen (secondary N) is 1. The average Bonchev–Trinajstić information content (AvgIpc) is 2.73. The molecule has 1 aromatic heterocycles. The van der Waals surface area contributed by atoms with Crippen molar-refractivity contribution in [2.45, 2.75) is 58.0 Å². The highest BCUT2D eigenvalue weighted by atomic mass is 19.1. The van der Waals surface area contributed by atoms with Crippen LogP contribution < -0.4 is 0 Å². The third kappa shape index (κ3) is 1.85. The van der Waals surface area contributed by atoms with Gasteiger partial charge in [0.2, 0.25) is 0 Å². The molecule has 0 amide bonds. The van der Waals surface area contributed by atoms with E-state index < -0.39 is 5.67 Å². The first kappa shape index (κ1) is 11.6. The van der Waals surface area contributed by atoms with E-state index in [2.05, 4.69) is 15.4 Å². The predicted octanol–water partition coefficient (Wildman–Crippen LogP) is 3.13. The minimum absolute atomic E-state index is 0.00875. The number of fused-ring (bicyclic) bond motifs is 1. The molecule has 2 rings (SSSR count). The zero-order chi connectivity index (χ0) is 11.6. The highest BCUT2D eigenvalue weighted by molar-refractivity contribution is 5.19. The summed E-state index contributed by atoms with van der Waals surface area (Å²) in [5, 5.41) is 10.8.